The van der Waals surface area contributed by atoms with E-state index in [-0.39, 0.29) is 5.91 Å². The number of imidazole rings is 1. The molecule has 0 unspecified atom stereocenters. The van der Waals surface area contributed by atoms with Gasteiger partial charge in [0.1, 0.15) is 0 Å². The minimum atomic E-state index is 0.157. The largest absolute Gasteiger partial charge is 0.356 e. The van der Waals surface area contributed by atoms with E-state index in [1.807, 2.05) is 18.2 Å². The van der Waals surface area contributed by atoms with Gasteiger partial charge < -0.3 is 5.32 Å². The summed E-state index contributed by atoms with van der Waals surface area (Å²) in [6.07, 6.45) is 3.45. The number of unbranched alkanes of at least 4 members (excludes halogenated alkanes) is 1. The Balaban J connectivity index is 1.56. The summed E-state index contributed by atoms with van der Waals surface area (Å²) >= 11 is 1.76. The third kappa shape index (κ3) is 6.88. The summed E-state index contributed by atoms with van der Waals surface area (Å²) in [7, 11) is 0. The van der Waals surface area contributed by atoms with Crippen LogP contribution in [0.4, 0.5) is 0 Å². The van der Waals surface area contributed by atoms with E-state index in [4.69, 9.17) is 4.98 Å². The maximum absolute atomic E-state index is 12.1. The number of nitrogens with zero attached hydrogens (tertiary/aromatic N) is 2. The van der Waals surface area contributed by atoms with Gasteiger partial charge in [-0.05, 0) is 37.3 Å². The monoisotopic (exact) mass is 497 g/mol. The van der Waals surface area contributed by atoms with Crippen molar-refractivity contribution in [3.8, 4) is 28.2 Å². The number of rotatable bonds is 12. The second-order valence-corrected chi connectivity index (χ2v) is 10.4. The van der Waals surface area contributed by atoms with Gasteiger partial charge in [0, 0.05) is 35.5 Å². The average molecular weight is 498 g/mol. The van der Waals surface area contributed by atoms with Crippen molar-refractivity contribution in [2.75, 3.05) is 12.3 Å². The molecule has 0 saturated heterocycles. The number of amides is 1. The number of para-hydroxylation sites is 1. The summed E-state index contributed by atoms with van der Waals surface area (Å²) in [6.45, 7) is 5.12. The molecule has 0 spiro atoms. The molecule has 1 amide bonds. The Morgan fingerprint density at radius 3 is 2.11 bits per heavy atom. The molecule has 1 N–H and O–H groups in total. The molecule has 5 heteroatoms. The average Bonchev–Trinajstić information content (AvgIpc) is 3.29. The lowest BCUT2D eigenvalue weighted by Crippen LogP contribution is -2.24. The first kappa shape index (κ1) is 25.8. The van der Waals surface area contributed by atoms with E-state index in [1.54, 1.807) is 11.8 Å². The maximum Gasteiger partial charge on any atom is 0.219 e. The number of thioether (sulfide) groups is 1. The molecular formula is C31H35N3OS. The minimum absolute atomic E-state index is 0.157. The third-order valence-corrected chi connectivity index (χ3v) is 7.05. The number of carbonyl (C=O) groups excluding carboxylic acids is 1. The lowest BCUT2D eigenvalue weighted by atomic mass is 10.0. The smallest absolute Gasteiger partial charge is 0.219 e. The van der Waals surface area contributed by atoms with Crippen molar-refractivity contribution in [3.05, 3.63) is 91.0 Å². The van der Waals surface area contributed by atoms with Crippen LogP contribution < -0.4 is 5.32 Å². The van der Waals surface area contributed by atoms with Crippen LogP contribution in [0.3, 0.4) is 0 Å². The normalized spacial score (nSPS) is 11.1. The molecule has 186 valence electrons. The van der Waals surface area contributed by atoms with Crippen molar-refractivity contribution in [2.24, 2.45) is 5.92 Å². The van der Waals surface area contributed by atoms with E-state index in [0.29, 0.717) is 12.3 Å². The highest BCUT2D eigenvalue weighted by molar-refractivity contribution is 7.99. The van der Waals surface area contributed by atoms with Crippen LogP contribution in [0, 0.1) is 5.92 Å². The van der Waals surface area contributed by atoms with Crippen LogP contribution in [0.5, 0.6) is 0 Å². The van der Waals surface area contributed by atoms with Gasteiger partial charge in [-0.3, -0.25) is 9.36 Å². The standard InChI is InChI=1S/C31H35N3OS/c1-24(2)21-22-32-28(35)20-12-13-23-36-31-33-29(25-14-6-3-7-15-25)30(26-16-8-4-9-17-26)34(31)27-18-10-5-11-19-27/h3-11,14-19,24H,12-13,20-23H2,1-2H3,(H,32,35). The summed E-state index contributed by atoms with van der Waals surface area (Å²) in [5.74, 6) is 1.67. The molecule has 0 aliphatic heterocycles. The fraction of sp³-hybridized carbons (Fsp3) is 0.290. The molecule has 4 nitrogen and oxygen atoms in total. The zero-order valence-corrected chi connectivity index (χ0v) is 22.0. The Morgan fingerprint density at radius 2 is 1.47 bits per heavy atom. The molecule has 0 aliphatic carbocycles. The molecule has 1 aromatic heterocycles. The van der Waals surface area contributed by atoms with Crippen LogP contribution in [0.15, 0.2) is 96.2 Å². The second-order valence-electron chi connectivity index (χ2n) is 9.33. The molecule has 0 radical (unpaired) electrons. The molecule has 3 aromatic carbocycles. The number of hydrogen-bond acceptors (Lipinski definition) is 3. The Hall–Kier alpha value is -3.31. The van der Waals surface area contributed by atoms with Crippen LogP contribution in [-0.4, -0.2) is 27.8 Å². The van der Waals surface area contributed by atoms with Gasteiger partial charge in [0.05, 0.1) is 11.4 Å². The molecular weight excluding hydrogens is 462 g/mol. The molecule has 0 atom stereocenters. The summed E-state index contributed by atoms with van der Waals surface area (Å²) in [4.78, 5) is 17.3. The third-order valence-electron chi connectivity index (χ3n) is 6.03. The predicted molar refractivity (Wildman–Crippen MR) is 151 cm³/mol. The van der Waals surface area contributed by atoms with Crippen LogP contribution in [0.25, 0.3) is 28.2 Å². The van der Waals surface area contributed by atoms with Crippen molar-refractivity contribution < 1.29 is 4.79 Å². The van der Waals surface area contributed by atoms with Crippen molar-refractivity contribution in [1.82, 2.24) is 14.9 Å². The number of hydrogen-bond donors (Lipinski definition) is 1. The van der Waals surface area contributed by atoms with Crippen molar-refractivity contribution in [3.63, 3.8) is 0 Å². The van der Waals surface area contributed by atoms with Gasteiger partial charge in [0.25, 0.3) is 0 Å². The summed E-state index contributed by atoms with van der Waals surface area (Å²) < 4.78 is 2.28. The molecule has 0 aliphatic rings. The molecule has 4 aromatic rings. The fourth-order valence-electron chi connectivity index (χ4n) is 4.11. The summed E-state index contributed by atoms with van der Waals surface area (Å²) in [5, 5.41) is 4.01. The predicted octanol–water partition coefficient (Wildman–Crippen LogP) is 7.63. The Labute approximate surface area is 219 Å². The number of benzene rings is 3. The van der Waals surface area contributed by atoms with E-state index in [2.05, 4.69) is 96.5 Å². The van der Waals surface area contributed by atoms with Crippen LogP contribution in [-0.2, 0) is 4.79 Å². The number of nitrogens with one attached hydrogen (secondary N) is 1. The van der Waals surface area contributed by atoms with Gasteiger partial charge in [0.15, 0.2) is 5.16 Å². The van der Waals surface area contributed by atoms with Gasteiger partial charge in [-0.25, -0.2) is 4.98 Å². The van der Waals surface area contributed by atoms with E-state index in [9.17, 15) is 4.79 Å². The zero-order valence-electron chi connectivity index (χ0n) is 21.2. The molecule has 1 heterocycles. The maximum atomic E-state index is 12.1. The van der Waals surface area contributed by atoms with Crippen molar-refractivity contribution in [2.45, 2.75) is 44.7 Å². The molecule has 4 rings (SSSR count). The summed E-state index contributed by atoms with van der Waals surface area (Å²) in [5.41, 5.74) is 5.42. The van der Waals surface area contributed by atoms with Crippen LogP contribution in [0.2, 0.25) is 0 Å². The minimum Gasteiger partial charge on any atom is -0.356 e. The van der Waals surface area contributed by atoms with Crippen LogP contribution >= 0.6 is 11.8 Å². The van der Waals surface area contributed by atoms with Crippen molar-refractivity contribution in [1.29, 1.82) is 0 Å². The Bertz CT molecular complexity index is 1220. The Kier molecular flexibility index (Phi) is 9.40. The highest BCUT2D eigenvalue weighted by atomic mass is 32.2. The van der Waals surface area contributed by atoms with Gasteiger partial charge >= 0.3 is 0 Å². The molecule has 36 heavy (non-hydrogen) atoms. The number of carbonyl (C=O) groups is 1. The SMILES string of the molecule is CC(C)CCNC(=O)CCCCSc1nc(-c2ccccc2)c(-c2ccccc2)n1-c1ccccc1. The quantitative estimate of drug-likeness (QED) is 0.162. The topological polar surface area (TPSA) is 46.9 Å². The van der Waals surface area contributed by atoms with E-state index >= 15 is 0 Å². The van der Waals surface area contributed by atoms with E-state index in [0.717, 1.165) is 64.9 Å². The van der Waals surface area contributed by atoms with Gasteiger partial charge in [-0.2, -0.15) is 0 Å². The zero-order chi connectivity index (χ0) is 25.2. The molecule has 0 bridgehead atoms. The Morgan fingerprint density at radius 1 is 0.861 bits per heavy atom. The fourth-order valence-corrected chi connectivity index (χ4v) is 5.13. The summed E-state index contributed by atoms with van der Waals surface area (Å²) in [6, 6.07) is 31.3. The molecule has 0 saturated carbocycles. The van der Waals surface area contributed by atoms with Crippen molar-refractivity contribution >= 4 is 17.7 Å². The lowest BCUT2D eigenvalue weighted by Gasteiger charge is -2.13. The van der Waals surface area contributed by atoms with Gasteiger partial charge in [-0.15, -0.1) is 0 Å². The highest BCUT2D eigenvalue weighted by Gasteiger charge is 2.21. The van der Waals surface area contributed by atoms with E-state index in [1.165, 1.54) is 0 Å². The lowest BCUT2D eigenvalue weighted by molar-refractivity contribution is -0.121. The van der Waals surface area contributed by atoms with Gasteiger partial charge in [0.2, 0.25) is 5.91 Å². The first-order valence-corrected chi connectivity index (χ1v) is 13.8. The number of aromatic nitrogens is 2. The molecule has 0 fully saturated rings. The second kappa shape index (κ2) is 13.1. The first-order valence-electron chi connectivity index (χ1n) is 12.8. The van der Waals surface area contributed by atoms with Gasteiger partial charge in [-0.1, -0.05) is 104 Å². The highest BCUT2D eigenvalue weighted by Crippen LogP contribution is 2.38. The van der Waals surface area contributed by atoms with Crippen LogP contribution in [0.1, 0.15) is 39.5 Å². The first-order chi connectivity index (χ1) is 17.6. The van der Waals surface area contributed by atoms with E-state index < -0.39 is 0 Å².